The summed E-state index contributed by atoms with van der Waals surface area (Å²) < 4.78 is 5.36. The monoisotopic (exact) mass is 388 g/mol. The van der Waals surface area contributed by atoms with Crippen molar-refractivity contribution in [1.82, 2.24) is 9.88 Å². The molecule has 1 aliphatic rings. The van der Waals surface area contributed by atoms with E-state index in [1.54, 1.807) is 50.6 Å². The number of ether oxygens (including phenoxy) is 1. The number of nitrogens with zero attached hydrogens (tertiary/aromatic N) is 3. The van der Waals surface area contributed by atoms with Gasteiger partial charge < -0.3 is 19.9 Å². The quantitative estimate of drug-likeness (QED) is 0.871. The number of aromatic nitrogens is 1. The molecule has 142 valence electrons. The highest BCUT2D eigenvalue weighted by molar-refractivity contribution is 6.34. The Kier molecular flexibility index (Phi) is 5.93. The van der Waals surface area contributed by atoms with Crippen LogP contribution >= 0.6 is 11.6 Å². The Morgan fingerprint density at radius 3 is 2.59 bits per heavy atom. The molecule has 1 aliphatic heterocycles. The third-order valence-electron chi connectivity index (χ3n) is 4.21. The number of morpholine rings is 1. The van der Waals surface area contributed by atoms with Crippen LogP contribution in [0.2, 0.25) is 5.02 Å². The predicted octanol–water partition coefficient (Wildman–Crippen LogP) is 2.53. The van der Waals surface area contributed by atoms with Crippen molar-refractivity contribution in [2.24, 2.45) is 0 Å². The number of hydrogen-bond acceptors (Lipinski definition) is 5. The number of pyridine rings is 1. The van der Waals surface area contributed by atoms with E-state index in [-0.39, 0.29) is 16.8 Å². The maximum Gasteiger partial charge on any atom is 0.259 e. The van der Waals surface area contributed by atoms with E-state index >= 15 is 0 Å². The van der Waals surface area contributed by atoms with Crippen molar-refractivity contribution < 1.29 is 14.3 Å². The first-order valence-electron chi connectivity index (χ1n) is 8.57. The van der Waals surface area contributed by atoms with E-state index in [9.17, 15) is 9.59 Å². The van der Waals surface area contributed by atoms with E-state index < -0.39 is 0 Å². The van der Waals surface area contributed by atoms with E-state index in [2.05, 4.69) is 10.3 Å². The lowest BCUT2D eigenvalue weighted by Crippen LogP contribution is -2.38. The molecule has 0 atom stereocenters. The summed E-state index contributed by atoms with van der Waals surface area (Å²) in [7, 11) is 3.31. The zero-order valence-corrected chi connectivity index (χ0v) is 16.0. The molecule has 7 nitrogen and oxygen atoms in total. The normalized spacial score (nSPS) is 14.0. The molecule has 1 N–H and O–H groups in total. The van der Waals surface area contributed by atoms with Gasteiger partial charge in [-0.15, -0.1) is 0 Å². The fourth-order valence-corrected chi connectivity index (χ4v) is 3.07. The predicted molar refractivity (Wildman–Crippen MR) is 105 cm³/mol. The average molecular weight is 389 g/mol. The Morgan fingerprint density at radius 2 is 1.93 bits per heavy atom. The minimum atomic E-state index is -0.285. The molecule has 0 aliphatic carbocycles. The Morgan fingerprint density at radius 1 is 1.19 bits per heavy atom. The molecular formula is C19H21ClN4O3. The van der Waals surface area contributed by atoms with E-state index in [0.29, 0.717) is 48.9 Å². The van der Waals surface area contributed by atoms with Gasteiger partial charge in [0.25, 0.3) is 11.8 Å². The number of rotatable bonds is 4. The largest absolute Gasteiger partial charge is 0.378 e. The number of carbonyl (C=O) groups excluding carboxylic acids is 2. The molecule has 8 heteroatoms. The molecule has 0 unspecified atom stereocenters. The Hall–Kier alpha value is -2.64. The van der Waals surface area contributed by atoms with Crippen LogP contribution < -0.4 is 10.2 Å². The second kappa shape index (κ2) is 8.37. The topological polar surface area (TPSA) is 74.8 Å². The van der Waals surface area contributed by atoms with Crippen molar-refractivity contribution in [2.75, 3.05) is 50.6 Å². The van der Waals surface area contributed by atoms with Crippen molar-refractivity contribution in [1.29, 1.82) is 0 Å². The second-order valence-electron chi connectivity index (χ2n) is 6.32. The van der Waals surface area contributed by atoms with Gasteiger partial charge in [-0.2, -0.15) is 0 Å². The van der Waals surface area contributed by atoms with Gasteiger partial charge in [0.05, 0.1) is 29.4 Å². The molecule has 0 radical (unpaired) electrons. The Labute approximate surface area is 162 Å². The standard InChI is InChI=1S/C19H21ClN4O3/c1-23(2)19(26)14-6-5-13(12-16(14)20)22-18(25)15-4-3-7-21-17(15)24-8-10-27-11-9-24/h3-7,12H,8-11H2,1-2H3,(H,22,25). The van der Waals surface area contributed by atoms with Crippen LogP contribution in [0.4, 0.5) is 11.5 Å². The maximum absolute atomic E-state index is 12.8. The average Bonchev–Trinajstić information content (AvgIpc) is 2.68. The fraction of sp³-hybridized carbons (Fsp3) is 0.316. The number of carbonyl (C=O) groups is 2. The van der Waals surface area contributed by atoms with Crippen LogP contribution in [0.25, 0.3) is 0 Å². The zero-order valence-electron chi connectivity index (χ0n) is 15.2. The maximum atomic E-state index is 12.8. The number of amides is 2. The number of nitrogens with one attached hydrogen (secondary N) is 1. The fourth-order valence-electron chi connectivity index (χ4n) is 2.81. The van der Waals surface area contributed by atoms with Gasteiger partial charge in [-0.05, 0) is 30.3 Å². The van der Waals surface area contributed by atoms with Gasteiger partial charge in [0.15, 0.2) is 0 Å². The molecular weight excluding hydrogens is 368 g/mol. The molecule has 0 bridgehead atoms. The molecule has 1 aromatic heterocycles. The summed E-state index contributed by atoms with van der Waals surface area (Å²) in [6, 6.07) is 8.29. The first-order valence-corrected chi connectivity index (χ1v) is 8.95. The lowest BCUT2D eigenvalue weighted by Gasteiger charge is -2.29. The van der Waals surface area contributed by atoms with Crippen LogP contribution in [0.3, 0.4) is 0 Å². The molecule has 2 aromatic rings. The molecule has 2 amide bonds. The lowest BCUT2D eigenvalue weighted by atomic mass is 10.1. The second-order valence-corrected chi connectivity index (χ2v) is 6.73. The van der Waals surface area contributed by atoms with Gasteiger partial charge >= 0.3 is 0 Å². The van der Waals surface area contributed by atoms with Gasteiger partial charge in [0.2, 0.25) is 0 Å². The molecule has 1 aromatic carbocycles. The summed E-state index contributed by atoms with van der Waals surface area (Å²) in [4.78, 5) is 32.7. The van der Waals surface area contributed by atoms with Crippen molar-refractivity contribution in [3.05, 3.63) is 52.7 Å². The summed E-state index contributed by atoms with van der Waals surface area (Å²) in [6.45, 7) is 2.58. The highest BCUT2D eigenvalue weighted by atomic mass is 35.5. The number of benzene rings is 1. The summed E-state index contributed by atoms with van der Waals surface area (Å²) in [5.74, 6) is 0.149. The van der Waals surface area contributed by atoms with Crippen LogP contribution in [0, 0.1) is 0 Å². The van der Waals surface area contributed by atoms with Crippen LogP contribution in [0.5, 0.6) is 0 Å². The van der Waals surface area contributed by atoms with Crippen molar-refractivity contribution in [3.8, 4) is 0 Å². The molecule has 0 saturated carbocycles. The summed E-state index contributed by atoms with van der Waals surface area (Å²) in [5.41, 5.74) is 1.37. The molecule has 2 heterocycles. The SMILES string of the molecule is CN(C)C(=O)c1ccc(NC(=O)c2cccnc2N2CCOCC2)cc1Cl. The van der Waals surface area contributed by atoms with Crippen LogP contribution in [0.15, 0.2) is 36.5 Å². The third-order valence-corrected chi connectivity index (χ3v) is 4.52. The van der Waals surface area contributed by atoms with Crippen molar-refractivity contribution in [2.45, 2.75) is 0 Å². The highest BCUT2D eigenvalue weighted by Gasteiger charge is 2.20. The minimum absolute atomic E-state index is 0.195. The smallest absolute Gasteiger partial charge is 0.259 e. The molecule has 3 rings (SSSR count). The molecule has 27 heavy (non-hydrogen) atoms. The third kappa shape index (κ3) is 4.37. The van der Waals surface area contributed by atoms with Gasteiger partial charge in [-0.3, -0.25) is 9.59 Å². The lowest BCUT2D eigenvalue weighted by molar-refractivity contribution is 0.0827. The Bertz CT molecular complexity index is 851. The summed E-state index contributed by atoms with van der Waals surface area (Å²) >= 11 is 6.22. The van der Waals surface area contributed by atoms with Crippen LogP contribution in [0.1, 0.15) is 20.7 Å². The molecule has 0 spiro atoms. The Balaban J connectivity index is 1.80. The van der Waals surface area contributed by atoms with Crippen LogP contribution in [-0.4, -0.2) is 62.1 Å². The van der Waals surface area contributed by atoms with Gasteiger partial charge in [0, 0.05) is 39.1 Å². The van der Waals surface area contributed by atoms with Crippen molar-refractivity contribution >= 4 is 34.9 Å². The first kappa shape index (κ1) is 19.1. The van der Waals surface area contributed by atoms with Crippen LogP contribution in [-0.2, 0) is 4.74 Å². The first-order chi connectivity index (χ1) is 13.0. The highest BCUT2D eigenvalue weighted by Crippen LogP contribution is 2.24. The number of halogens is 1. The van der Waals surface area contributed by atoms with Crippen molar-refractivity contribution in [3.63, 3.8) is 0 Å². The summed E-state index contributed by atoms with van der Waals surface area (Å²) in [5, 5.41) is 3.11. The van der Waals surface area contributed by atoms with Gasteiger partial charge in [0.1, 0.15) is 5.82 Å². The van der Waals surface area contributed by atoms with Gasteiger partial charge in [-0.25, -0.2) is 4.98 Å². The van der Waals surface area contributed by atoms with E-state index in [4.69, 9.17) is 16.3 Å². The summed E-state index contributed by atoms with van der Waals surface area (Å²) in [6.07, 6.45) is 1.67. The zero-order chi connectivity index (χ0) is 19.4. The molecule has 1 saturated heterocycles. The minimum Gasteiger partial charge on any atom is -0.378 e. The van der Waals surface area contributed by atoms with E-state index in [1.165, 1.54) is 4.90 Å². The van der Waals surface area contributed by atoms with Gasteiger partial charge in [-0.1, -0.05) is 11.6 Å². The molecule has 1 fully saturated rings. The van der Waals surface area contributed by atoms with E-state index in [0.717, 1.165) is 0 Å². The van der Waals surface area contributed by atoms with E-state index in [1.807, 2.05) is 4.90 Å². The number of anilines is 2. The number of hydrogen-bond donors (Lipinski definition) is 1.